The molecule has 0 saturated heterocycles. The zero-order chi connectivity index (χ0) is 28.6. The second-order valence-electron chi connectivity index (χ2n) is 8.87. The molecule has 2 heterocycles. The first-order valence-electron chi connectivity index (χ1n) is 13.3. The molecule has 2 aromatic heterocycles. The van der Waals surface area contributed by atoms with Crippen LogP contribution in [0.25, 0.3) is 10.2 Å². The van der Waals surface area contributed by atoms with Crippen molar-refractivity contribution in [1.29, 1.82) is 0 Å². The summed E-state index contributed by atoms with van der Waals surface area (Å²) >= 11 is 1.48. The zero-order valence-corrected chi connectivity index (χ0v) is 24.1. The summed E-state index contributed by atoms with van der Waals surface area (Å²) in [5, 5.41) is 5.97. The summed E-state index contributed by atoms with van der Waals surface area (Å²) in [6, 6.07) is 8.17. The summed E-state index contributed by atoms with van der Waals surface area (Å²) in [4.78, 5) is 28.3. The van der Waals surface area contributed by atoms with Crippen molar-refractivity contribution in [3.63, 3.8) is 0 Å². The number of halogens is 1. The number of carbonyl (C=O) groups excluding carboxylic acids is 2. The van der Waals surface area contributed by atoms with Crippen molar-refractivity contribution in [3.8, 4) is 23.3 Å². The molecular formula is C30H39FN4O3S. The third kappa shape index (κ3) is 9.74. The van der Waals surface area contributed by atoms with E-state index in [2.05, 4.69) is 53.1 Å². The molecule has 0 spiro atoms. The van der Waals surface area contributed by atoms with Crippen LogP contribution in [-0.2, 0) is 9.59 Å². The highest BCUT2D eigenvalue weighted by Crippen LogP contribution is 2.36. The number of aromatic nitrogens is 1. The number of nitrogens with zero attached hydrogens (tertiary/aromatic N) is 2. The molecule has 0 aliphatic heterocycles. The van der Waals surface area contributed by atoms with E-state index in [-0.39, 0.29) is 17.6 Å². The van der Waals surface area contributed by atoms with Gasteiger partial charge in [-0.3, -0.25) is 14.7 Å². The molecule has 0 aliphatic carbocycles. The van der Waals surface area contributed by atoms with Crippen molar-refractivity contribution >= 4 is 39.9 Å². The summed E-state index contributed by atoms with van der Waals surface area (Å²) in [5.74, 6) is 6.30. The summed E-state index contributed by atoms with van der Waals surface area (Å²) in [6.45, 7) is 11.7. The Kier molecular flexibility index (Phi) is 14.2. The summed E-state index contributed by atoms with van der Waals surface area (Å²) < 4.78 is 21.7. The van der Waals surface area contributed by atoms with Crippen LogP contribution in [0.15, 0.2) is 36.5 Å². The van der Waals surface area contributed by atoms with Crippen LogP contribution in [0.1, 0.15) is 51.3 Å². The molecule has 0 radical (unpaired) electrons. The number of thiophene rings is 1. The highest BCUT2D eigenvalue weighted by molar-refractivity contribution is 7.19. The number of rotatable bonds is 13. The van der Waals surface area contributed by atoms with E-state index in [4.69, 9.17) is 9.53 Å². The normalized spacial score (nSPS) is 11.3. The number of fused-ring (bicyclic) bond motifs is 1. The topological polar surface area (TPSA) is 83.6 Å². The number of anilines is 1. The first-order chi connectivity index (χ1) is 19.0. The Balaban J connectivity index is 0.00000260. The molecule has 210 valence electrons. The van der Waals surface area contributed by atoms with Crippen molar-refractivity contribution in [2.45, 2.75) is 46.5 Å². The van der Waals surface area contributed by atoms with Crippen molar-refractivity contribution in [2.24, 2.45) is 5.92 Å². The predicted molar refractivity (Wildman–Crippen MR) is 158 cm³/mol. The quantitative estimate of drug-likeness (QED) is 0.249. The lowest BCUT2D eigenvalue weighted by Crippen LogP contribution is -2.26. The molecule has 3 rings (SSSR count). The monoisotopic (exact) mass is 554 g/mol. The number of carbonyl (C=O) groups is 2. The van der Waals surface area contributed by atoms with Crippen LogP contribution in [0.5, 0.6) is 11.5 Å². The maximum atomic E-state index is 15.0. The number of ether oxygens (including phenoxy) is 1. The van der Waals surface area contributed by atoms with Crippen LogP contribution in [0.2, 0.25) is 0 Å². The molecular weight excluding hydrogens is 515 g/mol. The van der Waals surface area contributed by atoms with Gasteiger partial charge in [-0.05, 0) is 57.7 Å². The van der Waals surface area contributed by atoms with Crippen molar-refractivity contribution in [2.75, 3.05) is 38.5 Å². The highest BCUT2D eigenvalue weighted by Gasteiger charge is 2.19. The van der Waals surface area contributed by atoms with Gasteiger partial charge < -0.3 is 20.2 Å². The Bertz CT molecular complexity index is 1240. The summed E-state index contributed by atoms with van der Waals surface area (Å²) in [6.07, 6.45) is 5.21. The van der Waals surface area contributed by atoms with Crippen LogP contribution in [0.3, 0.4) is 0 Å². The molecule has 1 amide bonds. The molecule has 1 unspecified atom stereocenters. The smallest absolute Gasteiger partial charge is 0.227 e. The van der Waals surface area contributed by atoms with Crippen LogP contribution >= 0.6 is 11.3 Å². The van der Waals surface area contributed by atoms with Gasteiger partial charge in [-0.25, -0.2) is 4.39 Å². The van der Waals surface area contributed by atoms with Crippen LogP contribution in [0, 0.1) is 23.6 Å². The maximum absolute atomic E-state index is 15.0. The lowest BCUT2D eigenvalue weighted by molar-refractivity contribution is -0.120. The Morgan fingerprint density at radius 3 is 2.59 bits per heavy atom. The molecule has 3 aromatic rings. The van der Waals surface area contributed by atoms with Crippen LogP contribution in [-0.4, -0.2) is 55.8 Å². The van der Waals surface area contributed by atoms with Gasteiger partial charge in [0.25, 0.3) is 0 Å². The van der Waals surface area contributed by atoms with Crippen molar-refractivity contribution in [3.05, 3.63) is 47.2 Å². The lowest BCUT2D eigenvalue weighted by Gasteiger charge is -2.17. The molecule has 0 aliphatic rings. The van der Waals surface area contributed by atoms with Gasteiger partial charge in [0.05, 0.1) is 21.6 Å². The lowest BCUT2D eigenvalue weighted by atomic mass is 9.97. The van der Waals surface area contributed by atoms with Crippen LogP contribution in [0.4, 0.5) is 10.1 Å². The molecule has 0 bridgehead atoms. The maximum Gasteiger partial charge on any atom is 0.227 e. The average molecular weight is 555 g/mol. The minimum absolute atomic E-state index is 0.0826. The van der Waals surface area contributed by atoms with Gasteiger partial charge >= 0.3 is 0 Å². The van der Waals surface area contributed by atoms with Gasteiger partial charge in [0, 0.05) is 29.9 Å². The van der Waals surface area contributed by atoms with Crippen molar-refractivity contribution in [1.82, 2.24) is 15.2 Å². The second kappa shape index (κ2) is 17.3. The third-order valence-electron chi connectivity index (χ3n) is 6.22. The number of pyridine rings is 1. The molecule has 39 heavy (non-hydrogen) atoms. The first kappa shape index (κ1) is 31.9. The van der Waals surface area contributed by atoms with Crippen molar-refractivity contribution < 1.29 is 18.7 Å². The standard InChI is InChI=1S/C29H37FN4O2S.CH2O/c1-5-8-10-21(14-16-31-4)29(35)33-22-12-13-26(24(30)19-22)36-27-15-17-32-25-20-23(37-28(25)27)11-9-18-34(6-2)7-3;1-2/h12-13,15,17,19-21,31H,5-8,10,14,16,18H2,1-4H3,(H,33,35);1H2. The number of hydrogen-bond acceptors (Lipinski definition) is 7. The molecule has 0 fully saturated rings. The fourth-order valence-corrected chi connectivity index (χ4v) is 4.88. The largest absolute Gasteiger partial charge is 0.453 e. The fourth-order valence-electron chi connectivity index (χ4n) is 3.94. The fraction of sp³-hybridized carbons (Fsp3) is 0.433. The van der Waals surface area contributed by atoms with Gasteiger partial charge in [-0.15, -0.1) is 11.3 Å². The molecule has 9 heteroatoms. The van der Waals surface area contributed by atoms with E-state index in [1.807, 2.05) is 19.9 Å². The number of unbranched alkanes of at least 4 members (excludes halogenated alkanes) is 1. The van der Waals surface area contributed by atoms with E-state index in [1.54, 1.807) is 24.4 Å². The van der Waals surface area contributed by atoms with Gasteiger partial charge in [0.1, 0.15) is 12.5 Å². The minimum Gasteiger partial charge on any atom is -0.453 e. The number of nitrogens with one attached hydrogen (secondary N) is 2. The number of benzene rings is 1. The minimum atomic E-state index is -0.543. The summed E-state index contributed by atoms with van der Waals surface area (Å²) in [7, 11) is 1.87. The number of hydrogen-bond donors (Lipinski definition) is 2. The SMILES string of the molecule is C=O.CCCCC(CCNC)C(=O)Nc1ccc(Oc2ccnc3cc(C#CCN(CC)CC)sc23)c(F)c1. The Morgan fingerprint density at radius 2 is 1.92 bits per heavy atom. The Labute approximate surface area is 235 Å². The van der Waals surface area contributed by atoms with Crippen LogP contribution < -0.4 is 15.4 Å². The van der Waals surface area contributed by atoms with E-state index < -0.39 is 5.82 Å². The Hall–Kier alpha value is -3.32. The molecule has 1 atom stereocenters. The first-order valence-corrected chi connectivity index (χ1v) is 14.1. The predicted octanol–water partition coefficient (Wildman–Crippen LogP) is 6.09. The zero-order valence-electron chi connectivity index (χ0n) is 23.3. The molecule has 2 N–H and O–H groups in total. The van der Waals surface area contributed by atoms with E-state index in [1.165, 1.54) is 17.4 Å². The van der Waals surface area contributed by atoms with E-state index in [0.29, 0.717) is 18.0 Å². The average Bonchev–Trinajstić information content (AvgIpc) is 3.37. The van der Waals surface area contributed by atoms with E-state index >= 15 is 0 Å². The van der Waals surface area contributed by atoms with Gasteiger partial charge in [0.15, 0.2) is 11.6 Å². The number of amides is 1. The second-order valence-corrected chi connectivity index (χ2v) is 9.92. The van der Waals surface area contributed by atoms with E-state index in [9.17, 15) is 9.18 Å². The third-order valence-corrected chi connectivity index (χ3v) is 7.28. The molecule has 1 aromatic carbocycles. The van der Waals surface area contributed by atoms with Gasteiger partial charge in [0.2, 0.25) is 5.91 Å². The molecule has 7 nitrogen and oxygen atoms in total. The Morgan fingerprint density at radius 1 is 1.15 bits per heavy atom. The van der Waals surface area contributed by atoms with Gasteiger partial charge in [-0.1, -0.05) is 45.5 Å². The highest BCUT2D eigenvalue weighted by atomic mass is 32.1. The van der Waals surface area contributed by atoms with E-state index in [0.717, 1.165) is 60.4 Å². The summed E-state index contributed by atoms with van der Waals surface area (Å²) in [5.41, 5.74) is 1.18. The van der Waals surface area contributed by atoms with Gasteiger partial charge in [-0.2, -0.15) is 0 Å². The molecule has 0 saturated carbocycles.